The molecule has 0 atom stereocenters. The monoisotopic (exact) mass is 419 g/mol. The standard InChI is InChI=1S/C23H29N7O/c1-3-17-4-6-18(7-5-17)25-23-27-21(26-22(24)28-23)16-29-12-14-30(15-13-29)19-8-10-20(31-2)11-9-19/h4-11H,3,12-16H2,1-2H3,(H3,24,25,26,27,28). The fraction of sp³-hybridized carbons (Fsp3) is 0.348. The zero-order valence-electron chi connectivity index (χ0n) is 18.1. The number of nitrogen functional groups attached to an aromatic ring is 1. The summed E-state index contributed by atoms with van der Waals surface area (Å²) in [5, 5.41) is 3.23. The van der Waals surface area contributed by atoms with Crippen LogP contribution in [0.25, 0.3) is 0 Å². The van der Waals surface area contributed by atoms with Gasteiger partial charge in [0, 0.05) is 37.6 Å². The number of aryl methyl sites for hydroxylation is 1. The first-order chi connectivity index (χ1) is 15.1. The highest BCUT2D eigenvalue weighted by molar-refractivity contribution is 5.54. The average Bonchev–Trinajstić information content (AvgIpc) is 2.80. The van der Waals surface area contributed by atoms with Gasteiger partial charge in [-0.3, -0.25) is 4.90 Å². The molecule has 8 nitrogen and oxygen atoms in total. The normalized spacial score (nSPS) is 14.5. The van der Waals surface area contributed by atoms with E-state index in [-0.39, 0.29) is 5.95 Å². The van der Waals surface area contributed by atoms with E-state index in [0.717, 1.165) is 44.0 Å². The Morgan fingerprint density at radius 2 is 1.65 bits per heavy atom. The number of ether oxygens (including phenoxy) is 1. The first-order valence-corrected chi connectivity index (χ1v) is 10.6. The van der Waals surface area contributed by atoms with E-state index < -0.39 is 0 Å². The number of aromatic nitrogens is 3. The van der Waals surface area contributed by atoms with Crippen molar-refractivity contribution in [2.75, 3.05) is 49.2 Å². The second-order valence-electron chi connectivity index (χ2n) is 7.57. The van der Waals surface area contributed by atoms with Crippen LogP contribution in [-0.4, -0.2) is 53.1 Å². The van der Waals surface area contributed by atoms with E-state index >= 15 is 0 Å². The van der Waals surface area contributed by atoms with E-state index in [0.29, 0.717) is 18.3 Å². The number of methoxy groups -OCH3 is 1. The van der Waals surface area contributed by atoms with Crippen LogP contribution in [0.15, 0.2) is 48.5 Å². The Morgan fingerprint density at radius 3 is 2.29 bits per heavy atom. The molecule has 3 aromatic rings. The van der Waals surface area contributed by atoms with Gasteiger partial charge in [-0.1, -0.05) is 19.1 Å². The van der Waals surface area contributed by atoms with Gasteiger partial charge in [-0.2, -0.15) is 15.0 Å². The molecule has 1 aliphatic rings. The fourth-order valence-corrected chi connectivity index (χ4v) is 3.67. The summed E-state index contributed by atoms with van der Waals surface area (Å²) in [5.41, 5.74) is 9.38. The van der Waals surface area contributed by atoms with Crippen LogP contribution in [0.3, 0.4) is 0 Å². The van der Waals surface area contributed by atoms with E-state index in [1.165, 1.54) is 11.3 Å². The summed E-state index contributed by atoms with van der Waals surface area (Å²) < 4.78 is 5.25. The van der Waals surface area contributed by atoms with Gasteiger partial charge < -0.3 is 20.7 Å². The van der Waals surface area contributed by atoms with Crippen LogP contribution in [-0.2, 0) is 13.0 Å². The maximum atomic E-state index is 5.95. The number of piperazine rings is 1. The lowest BCUT2D eigenvalue weighted by Gasteiger charge is -2.35. The Balaban J connectivity index is 1.35. The number of nitrogens with one attached hydrogen (secondary N) is 1. The van der Waals surface area contributed by atoms with E-state index in [1.54, 1.807) is 7.11 Å². The molecule has 162 valence electrons. The lowest BCUT2D eigenvalue weighted by Crippen LogP contribution is -2.46. The summed E-state index contributed by atoms with van der Waals surface area (Å²) >= 11 is 0. The van der Waals surface area contributed by atoms with Crippen molar-refractivity contribution in [1.82, 2.24) is 19.9 Å². The smallest absolute Gasteiger partial charge is 0.232 e. The van der Waals surface area contributed by atoms with E-state index in [4.69, 9.17) is 10.5 Å². The molecule has 4 rings (SSSR count). The third-order valence-electron chi connectivity index (χ3n) is 5.49. The third kappa shape index (κ3) is 5.40. The topological polar surface area (TPSA) is 92.4 Å². The molecule has 0 radical (unpaired) electrons. The van der Waals surface area contributed by atoms with Crippen molar-refractivity contribution in [2.24, 2.45) is 0 Å². The average molecular weight is 420 g/mol. The van der Waals surface area contributed by atoms with Gasteiger partial charge in [0.15, 0.2) is 0 Å². The second kappa shape index (κ2) is 9.61. The third-order valence-corrected chi connectivity index (χ3v) is 5.49. The maximum Gasteiger partial charge on any atom is 0.232 e. The summed E-state index contributed by atoms with van der Waals surface area (Å²) in [6.07, 6.45) is 1.01. The fourth-order valence-electron chi connectivity index (χ4n) is 3.67. The molecule has 8 heteroatoms. The van der Waals surface area contributed by atoms with Crippen molar-refractivity contribution in [3.63, 3.8) is 0 Å². The van der Waals surface area contributed by atoms with Crippen molar-refractivity contribution in [2.45, 2.75) is 19.9 Å². The summed E-state index contributed by atoms with van der Waals surface area (Å²) in [4.78, 5) is 17.9. The van der Waals surface area contributed by atoms with Gasteiger partial charge in [0.05, 0.1) is 13.7 Å². The number of nitrogens with two attached hydrogens (primary N) is 1. The summed E-state index contributed by atoms with van der Waals surface area (Å²) in [6.45, 7) is 6.53. The molecule has 0 amide bonds. The molecule has 2 aromatic carbocycles. The molecule has 0 saturated carbocycles. The Hall–Kier alpha value is -3.39. The number of benzene rings is 2. The van der Waals surface area contributed by atoms with E-state index in [1.807, 2.05) is 24.3 Å². The van der Waals surface area contributed by atoms with Crippen molar-refractivity contribution in [3.8, 4) is 5.75 Å². The number of anilines is 4. The molecule has 1 saturated heterocycles. The minimum absolute atomic E-state index is 0.231. The predicted molar refractivity (Wildman–Crippen MR) is 124 cm³/mol. The highest BCUT2D eigenvalue weighted by Crippen LogP contribution is 2.21. The maximum absolute atomic E-state index is 5.95. The lowest BCUT2D eigenvalue weighted by atomic mass is 10.1. The van der Waals surface area contributed by atoms with Crippen LogP contribution in [0.1, 0.15) is 18.3 Å². The largest absolute Gasteiger partial charge is 0.497 e. The van der Waals surface area contributed by atoms with Gasteiger partial charge in [-0.05, 0) is 48.4 Å². The van der Waals surface area contributed by atoms with E-state index in [9.17, 15) is 0 Å². The summed E-state index contributed by atoms with van der Waals surface area (Å²) in [7, 11) is 1.69. The Morgan fingerprint density at radius 1 is 0.935 bits per heavy atom. The first kappa shape index (κ1) is 20.9. The predicted octanol–water partition coefficient (Wildman–Crippen LogP) is 3.09. The van der Waals surface area contributed by atoms with Gasteiger partial charge in [-0.25, -0.2) is 0 Å². The molecule has 1 aromatic heterocycles. The Bertz CT molecular complexity index is 984. The molecular weight excluding hydrogens is 390 g/mol. The quantitative estimate of drug-likeness (QED) is 0.604. The highest BCUT2D eigenvalue weighted by atomic mass is 16.5. The molecule has 3 N–H and O–H groups in total. The Kier molecular flexibility index (Phi) is 6.47. The van der Waals surface area contributed by atoms with Gasteiger partial charge >= 0.3 is 0 Å². The van der Waals surface area contributed by atoms with Crippen molar-refractivity contribution >= 4 is 23.3 Å². The molecule has 0 bridgehead atoms. The molecule has 0 spiro atoms. The number of hydrogen-bond donors (Lipinski definition) is 2. The van der Waals surface area contributed by atoms with Crippen molar-refractivity contribution in [1.29, 1.82) is 0 Å². The number of nitrogens with zero attached hydrogens (tertiary/aromatic N) is 5. The molecule has 0 unspecified atom stereocenters. The molecule has 2 heterocycles. The van der Waals surface area contributed by atoms with Crippen LogP contribution in [0.2, 0.25) is 0 Å². The van der Waals surface area contributed by atoms with Gasteiger partial charge in [0.25, 0.3) is 0 Å². The minimum Gasteiger partial charge on any atom is -0.497 e. The molecular formula is C23H29N7O. The van der Waals surface area contributed by atoms with E-state index in [2.05, 4.69) is 61.3 Å². The zero-order chi connectivity index (χ0) is 21.6. The number of hydrogen-bond acceptors (Lipinski definition) is 8. The molecule has 0 aliphatic carbocycles. The molecule has 1 aliphatic heterocycles. The van der Waals surface area contributed by atoms with Crippen LogP contribution in [0.5, 0.6) is 5.75 Å². The van der Waals surface area contributed by atoms with Gasteiger partial charge in [0.2, 0.25) is 11.9 Å². The van der Waals surface area contributed by atoms with Crippen LogP contribution in [0, 0.1) is 0 Å². The SMILES string of the molecule is CCc1ccc(Nc2nc(N)nc(CN3CCN(c4ccc(OC)cc4)CC3)n2)cc1. The molecule has 1 fully saturated rings. The Labute approximate surface area is 183 Å². The van der Waals surface area contributed by atoms with Crippen LogP contribution in [0.4, 0.5) is 23.3 Å². The van der Waals surface area contributed by atoms with Crippen LogP contribution < -0.4 is 20.7 Å². The lowest BCUT2D eigenvalue weighted by molar-refractivity contribution is 0.244. The first-order valence-electron chi connectivity index (χ1n) is 10.6. The highest BCUT2D eigenvalue weighted by Gasteiger charge is 2.19. The van der Waals surface area contributed by atoms with Crippen molar-refractivity contribution in [3.05, 3.63) is 59.9 Å². The molecule has 31 heavy (non-hydrogen) atoms. The van der Waals surface area contributed by atoms with Gasteiger partial charge in [-0.15, -0.1) is 0 Å². The van der Waals surface area contributed by atoms with Crippen LogP contribution >= 0.6 is 0 Å². The summed E-state index contributed by atoms with van der Waals surface area (Å²) in [6, 6.07) is 16.4. The number of rotatable bonds is 7. The van der Waals surface area contributed by atoms with Gasteiger partial charge in [0.1, 0.15) is 11.6 Å². The summed E-state index contributed by atoms with van der Waals surface area (Å²) in [5.74, 6) is 2.26. The second-order valence-corrected chi connectivity index (χ2v) is 7.57. The van der Waals surface area contributed by atoms with Crippen molar-refractivity contribution < 1.29 is 4.74 Å². The minimum atomic E-state index is 0.231. The zero-order valence-corrected chi connectivity index (χ0v) is 18.1.